The number of nitrogens with one attached hydrogen (secondary N) is 1. The standard InChI is InChI=1S/C24H27N3O4S/c1-15(17-3-4-20-21(13-17)31-11-10-30-20)25-23(28)16-5-8-27(9-6-16)24(29)19-14-22-18(26(19)2)7-12-32-22/h3-4,7,12-16H,5-6,8-11H2,1-2H3,(H,25,28). The first-order chi connectivity index (χ1) is 15.5. The second kappa shape index (κ2) is 8.50. The van der Waals surface area contributed by atoms with E-state index in [1.165, 1.54) is 0 Å². The SMILES string of the molecule is CC(NC(=O)C1CCN(C(=O)c2cc3sccc3n2C)CC1)c1ccc2c(c1)OCCO2. The van der Waals surface area contributed by atoms with Crippen LogP contribution in [0.2, 0.25) is 0 Å². The maximum Gasteiger partial charge on any atom is 0.270 e. The van der Waals surface area contributed by atoms with Gasteiger partial charge in [0, 0.05) is 26.1 Å². The van der Waals surface area contributed by atoms with Crippen LogP contribution in [0.4, 0.5) is 0 Å². The van der Waals surface area contributed by atoms with Crippen LogP contribution in [0.25, 0.3) is 10.2 Å². The van der Waals surface area contributed by atoms with E-state index in [0.29, 0.717) is 44.8 Å². The van der Waals surface area contributed by atoms with Gasteiger partial charge in [0.1, 0.15) is 18.9 Å². The Balaban J connectivity index is 1.18. The number of ether oxygens (including phenoxy) is 2. The Morgan fingerprint density at radius 1 is 1.09 bits per heavy atom. The molecule has 0 bridgehead atoms. The van der Waals surface area contributed by atoms with Crippen LogP contribution in [-0.4, -0.2) is 47.6 Å². The molecule has 1 fully saturated rings. The van der Waals surface area contributed by atoms with Gasteiger partial charge in [-0.05, 0) is 55.0 Å². The number of likely N-dealkylation sites (tertiary alicyclic amines) is 1. The van der Waals surface area contributed by atoms with Crippen molar-refractivity contribution in [2.75, 3.05) is 26.3 Å². The van der Waals surface area contributed by atoms with Crippen molar-refractivity contribution in [2.45, 2.75) is 25.8 Å². The minimum Gasteiger partial charge on any atom is -0.486 e. The second-order valence-electron chi connectivity index (χ2n) is 8.46. The summed E-state index contributed by atoms with van der Waals surface area (Å²) in [5, 5.41) is 5.17. The molecule has 0 spiro atoms. The summed E-state index contributed by atoms with van der Waals surface area (Å²) in [4.78, 5) is 27.8. The normalized spacial score (nSPS) is 17.4. The molecule has 1 unspecified atom stereocenters. The van der Waals surface area contributed by atoms with Gasteiger partial charge in [0.2, 0.25) is 5.91 Å². The third-order valence-electron chi connectivity index (χ3n) is 6.46. The summed E-state index contributed by atoms with van der Waals surface area (Å²) in [7, 11) is 1.93. The lowest BCUT2D eigenvalue weighted by Gasteiger charge is -2.32. The molecule has 1 saturated heterocycles. The van der Waals surface area contributed by atoms with Crippen molar-refractivity contribution < 1.29 is 19.1 Å². The van der Waals surface area contributed by atoms with Gasteiger partial charge in [0.25, 0.3) is 5.91 Å². The maximum atomic E-state index is 13.0. The number of amides is 2. The van der Waals surface area contributed by atoms with Crippen molar-refractivity contribution in [3.63, 3.8) is 0 Å². The molecular weight excluding hydrogens is 426 g/mol. The van der Waals surface area contributed by atoms with Gasteiger partial charge in [-0.15, -0.1) is 11.3 Å². The van der Waals surface area contributed by atoms with Crippen LogP contribution < -0.4 is 14.8 Å². The lowest BCUT2D eigenvalue weighted by molar-refractivity contribution is -0.127. The van der Waals surface area contributed by atoms with Crippen molar-refractivity contribution in [3.05, 3.63) is 47.0 Å². The molecule has 3 aromatic rings. The summed E-state index contributed by atoms with van der Waals surface area (Å²) in [6.45, 7) is 4.25. The molecule has 168 valence electrons. The van der Waals surface area contributed by atoms with Crippen molar-refractivity contribution >= 4 is 33.4 Å². The molecule has 0 radical (unpaired) electrons. The van der Waals surface area contributed by atoms with E-state index < -0.39 is 0 Å². The van der Waals surface area contributed by atoms with Crippen molar-refractivity contribution in [1.29, 1.82) is 0 Å². The van der Waals surface area contributed by atoms with E-state index in [-0.39, 0.29) is 23.8 Å². The molecule has 32 heavy (non-hydrogen) atoms. The number of benzene rings is 1. The minimum atomic E-state index is -0.130. The number of rotatable bonds is 4. The zero-order chi connectivity index (χ0) is 22.2. The van der Waals surface area contributed by atoms with E-state index in [4.69, 9.17) is 9.47 Å². The molecule has 2 aromatic heterocycles. The molecule has 1 aromatic carbocycles. The summed E-state index contributed by atoms with van der Waals surface area (Å²) in [5.74, 6) is 1.46. The van der Waals surface area contributed by atoms with Crippen LogP contribution in [0.15, 0.2) is 35.7 Å². The van der Waals surface area contributed by atoms with Crippen LogP contribution in [0.5, 0.6) is 11.5 Å². The first kappa shape index (κ1) is 20.9. The van der Waals surface area contributed by atoms with E-state index in [2.05, 4.69) is 5.32 Å². The summed E-state index contributed by atoms with van der Waals surface area (Å²) < 4.78 is 14.3. The number of piperidine rings is 1. The molecular formula is C24H27N3O4S. The van der Waals surface area contributed by atoms with Gasteiger partial charge in [0.15, 0.2) is 11.5 Å². The summed E-state index contributed by atoms with van der Waals surface area (Å²) in [5.41, 5.74) is 2.78. The number of aromatic nitrogens is 1. The molecule has 7 nitrogen and oxygen atoms in total. The van der Waals surface area contributed by atoms with E-state index in [0.717, 1.165) is 27.3 Å². The predicted molar refractivity (Wildman–Crippen MR) is 123 cm³/mol. The number of aryl methyl sites for hydroxylation is 1. The molecule has 8 heteroatoms. The van der Waals surface area contributed by atoms with Gasteiger partial charge in [0.05, 0.1) is 16.3 Å². The lowest BCUT2D eigenvalue weighted by atomic mass is 9.95. The lowest BCUT2D eigenvalue weighted by Crippen LogP contribution is -2.43. The van der Waals surface area contributed by atoms with Gasteiger partial charge < -0.3 is 24.3 Å². The topological polar surface area (TPSA) is 72.8 Å². The second-order valence-corrected chi connectivity index (χ2v) is 9.41. The fraction of sp³-hybridized carbons (Fsp3) is 0.417. The number of carbonyl (C=O) groups excluding carboxylic acids is 2. The van der Waals surface area contributed by atoms with Crippen LogP contribution in [0.1, 0.15) is 41.9 Å². The van der Waals surface area contributed by atoms with E-state index >= 15 is 0 Å². The van der Waals surface area contributed by atoms with Gasteiger partial charge in [-0.2, -0.15) is 0 Å². The maximum absolute atomic E-state index is 13.0. The van der Waals surface area contributed by atoms with Crippen molar-refractivity contribution in [3.8, 4) is 11.5 Å². The summed E-state index contributed by atoms with van der Waals surface area (Å²) in [6.07, 6.45) is 1.34. The quantitative estimate of drug-likeness (QED) is 0.653. The number of carbonyl (C=O) groups is 2. The zero-order valence-corrected chi connectivity index (χ0v) is 19.1. The number of nitrogens with zero attached hydrogens (tertiary/aromatic N) is 2. The Bertz CT molecular complexity index is 1160. The zero-order valence-electron chi connectivity index (χ0n) is 18.3. The molecule has 0 saturated carbocycles. The highest BCUT2D eigenvalue weighted by molar-refractivity contribution is 7.17. The Kier molecular flexibility index (Phi) is 5.55. The Morgan fingerprint density at radius 3 is 2.59 bits per heavy atom. The third kappa shape index (κ3) is 3.83. The van der Waals surface area contributed by atoms with Gasteiger partial charge in [-0.1, -0.05) is 6.07 Å². The largest absolute Gasteiger partial charge is 0.486 e. The van der Waals surface area contributed by atoms with Crippen LogP contribution in [0, 0.1) is 5.92 Å². The van der Waals surface area contributed by atoms with Gasteiger partial charge in [-0.25, -0.2) is 0 Å². The molecule has 2 aliphatic rings. The molecule has 4 heterocycles. The fourth-order valence-electron chi connectivity index (χ4n) is 4.51. The first-order valence-electron chi connectivity index (χ1n) is 11.0. The van der Waals surface area contributed by atoms with Crippen LogP contribution >= 0.6 is 11.3 Å². The summed E-state index contributed by atoms with van der Waals surface area (Å²) in [6, 6.07) is 9.67. The smallest absolute Gasteiger partial charge is 0.270 e. The van der Waals surface area contributed by atoms with Crippen LogP contribution in [0.3, 0.4) is 0 Å². The van der Waals surface area contributed by atoms with E-state index in [1.807, 2.05) is 59.2 Å². The monoisotopic (exact) mass is 453 g/mol. The summed E-state index contributed by atoms with van der Waals surface area (Å²) >= 11 is 1.64. The highest BCUT2D eigenvalue weighted by atomic mass is 32.1. The highest BCUT2D eigenvalue weighted by Crippen LogP contribution is 2.33. The number of thiophene rings is 1. The van der Waals surface area contributed by atoms with Crippen molar-refractivity contribution in [1.82, 2.24) is 14.8 Å². The Morgan fingerprint density at radius 2 is 1.84 bits per heavy atom. The predicted octanol–water partition coefficient (Wildman–Crippen LogP) is 3.74. The molecule has 0 aliphatic carbocycles. The first-order valence-corrected chi connectivity index (χ1v) is 11.9. The molecule has 5 rings (SSSR count). The van der Waals surface area contributed by atoms with E-state index in [1.54, 1.807) is 11.3 Å². The number of hydrogen-bond acceptors (Lipinski definition) is 5. The Hall–Kier alpha value is -3.00. The van der Waals surface area contributed by atoms with Gasteiger partial charge >= 0.3 is 0 Å². The van der Waals surface area contributed by atoms with Gasteiger partial charge in [-0.3, -0.25) is 9.59 Å². The fourth-order valence-corrected chi connectivity index (χ4v) is 5.35. The average Bonchev–Trinajstić information content (AvgIpc) is 3.41. The molecule has 2 aliphatic heterocycles. The average molecular weight is 454 g/mol. The third-order valence-corrected chi connectivity index (χ3v) is 7.31. The minimum absolute atomic E-state index is 0.0406. The van der Waals surface area contributed by atoms with Crippen LogP contribution in [-0.2, 0) is 11.8 Å². The molecule has 1 atom stereocenters. The Labute approximate surface area is 190 Å². The number of hydrogen-bond donors (Lipinski definition) is 1. The van der Waals surface area contributed by atoms with Crippen molar-refractivity contribution in [2.24, 2.45) is 13.0 Å². The number of fused-ring (bicyclic) bond motifs is 2. The van der Waals surface area contributed by atoms with E-state index in [9.17, 15) is 9.59 Å². The molecule has 1 N–H and O–H groups in total. The highest BCUT2D eigenvalue weighted by Gasteiger charge is 2.30. The molecule has 2 amide bonds.